The fraction of sp³-hybridized carbons (Fsp3) is 0.182. The number of thiazole rings is 1. The first kappa shape index (κ1) is 20.5. The number of hydrogen-bond donors (Lipinski definition) is 1. The van der Waals surface area contributed by atoms with Crippen LogP contribution in [0, 0.1) is 12.7 Å². The molecule has 0 fully saturated rings. The molecule has 150 valence electrons. The van der Waals surface area contributed by atoms with Crippen LogP contribution in [0.25, 0.3) is 6.08 Å². The van der Waals surface area contributed by atoms with Gasteiger partial charge in [0.05, 0.1) is 17.2 Å². The Balaban J connectivity index is 1.41. The summed E-state index contributed by atoms with van der Waals surface area (Å²) in [5.41, 5.74) is 1.75. The van der Waals surface area contributed by atoms with Crippen LogP contribution < -0.4 is 14.8 Å². The van der Waals surface area contributed by atoms with Crippen molar-refractivity contribution in [1.82, 2.24) is 10.3 Å². The number of nitrogens with one attached hydrogen (secondary N) is 1. The van der Waals surface area contributed by atoms with E-state index < -0.39 is 0 Å². The molecule has 5 nitrogen and oxygen atoms in total. The van der Waals surface area contributed by atoms with Gasteiger partial charge in [-0.15, -0.1) is 11.3 Å². The van der Waals surface area contributed by atoms with Gasteiger partial charge in [-0.3, -0.25) is 4.79 Å². The molecule has 0 spiro atoms. The minimum absolute atomic E-state index is 0.225. The highest BCUT2D eigenvalue weighted by atomic mass is 32.1. The summed E-state index contributed by atoms with van der Waals surface area (Å²) in [5, 5.41) is 5.72. The van der Waals surface area contributed by atoms with Gasteiger partial charge in [-0.1, -0.05) is 12.1 Å². The number of halogens is 1. The van der Waals surface area contributed by atoms with Crippen molar-refractivity contribution < 1.29 is 18.7 Å². The van der Waals surface area contributed by atoms with Gasteiger partial charge in [-0.2, -0.15) is 0 Å². The zero-order valence-corrected chi connectivity index (χ0v) is 16.7. The van der Waals surface area contributed by atoms with E-state index in [9.17, 15) is 9.18 Å². The Bertz CT molecular complexity index is 970. The molecule has 1 heterocycles. The number of nitrogens with zero attached hydrogens (tertiary/aromatic N) is 1. The van der Waals surface area contributed by atoms with Gasteiger partial charge in [0, 0.05) is 11.5 Å². The molecule has 1 aromatic heterocycles. The van der Waals surface area contributed by atoms with Gasteiger partial charge in [-0.25, -0.2) is 9.37 Å². The minimum atomic E-state index is -0.316. The SMILES string of the molecule is Cc1nc(COc2cccc(/C=C/C(=O)NCCOc3ccc(F)cc3)c2)cs1. The molecule has 7 heteroatoms. The zero-order chi connectivity index (χ0) is 20.5. The Morgan fingerprint density at radius 1 is 1.17 bits per heavy atom. The molecule has 1 amide bonds. The summed E-state index contributed by atoms with van der Waals surface area (Å²) in [7, 11) is 0. The fourth-order valence-electron chi connectivity index (χ4n) is 2.44. The summed E-state index contributed by atoms with van der Waals surface area (Å²) in [6.45, 7) is 3.01. The van der Waals surface area contributed by atoms with Crippen LogP contribution in [-0.2, 0) is 11.4 Å². The van der Waals surface area contributed by atoms with Crippen LogP contribution in [0.4, 0.5) is 4.39 Å². The monoisotopic (exact) mass is 412 g/mol. The van der Waals surface area contributed by atoms with Gasteiger partial charge < -0.3 is 14.8 Å². The maximum atomic E-state index is 12.8. The molecule has 0 aliphatic rings. The van der Waals surface area contributed by atoms with Crippen LogP contribution in [-0.4, -0.2) is 24.0 Å². The second kappa shape index (κ2) is 10.4. The van der Waals surface area contributed by atoms with Gasteiger partial charge in [0.1, 0.15) is 30.5 Å². The van der Waals surface area contributed by atoms with Crippen LogP contribution in [0.3, 0.4) is 0 Å². The van der Waals surface area contributed by atoms with Gasteiger partial charge in [0.15, 0.2) is 0 Å². The third-order valence-electron chi connectivity index (χ3n) is 3.82. The van der Waals surface area contributed by atoms with Crippen molar-refractivity contribution in [3.05, 3.63) is 82.1 Å². The quantitative estimate of drug-likeness (QED) is 0.419. The molecule has 0 saturated heterocycles. The van der Waals surface area contributed by atoms with E-state index in [1.165, 1.54) is 18.2 Å². The summed E-state index contributed by atoms with van der Waals surface area (Å²) >= 11 is 1.59. The lowest BCUT2D eigenvalue weighted by Gasteiger charge is -2.06. The van der Waals surface area contributed by atoms with Crippen LogP contribution >= 0.6 is 11.3 Å². The fourth-order valence-corrected chi connectivity index (χ4v) is 3.04. The van der Waals surface area contributed by atoms with Gasteiger partial charge in [0.25, 0.3) is 0 Å². The van der Waals surface area contributed by atoms with Crippen molar-refractivity contribution in [2.24, 2.45) is 0 Å². The van der Waals surface area contributed by atoms with Crippen LogP contribution in [0.2, 0.25) is 0 Å². The first-order chi connectivity index (χ1) is 14.1. The molecule has 0 radical (unpaired) electrons. The topological polar surface area (TPSA) is 60.5 Å². The molecule has 0 aliphatic carbocycles. The van der Waals surface area contributed by atoms with E-state index in [0.29, 0.717) is 31.3 Å². The van der Waals surface area contributed by atoms with Gasteiger partial charge in [-0.05, 0) is 55.0 Å². The molecular formula is C22H21FN2O3S. The summed E-state index contributed by atoms with van der Waals surface area (Å²) in [4.78, 5) is 16.3. The molecule has 29 heavy (non-hydrogen) atoms. The third-order valence-corrected chi connectivity index (χ3v) is 4.64. The Morgan fingerprint density at radius 2 is 2.00 bits per heavy atom. The van der Waals surface area contributed by atoms with Crippen LogP contribution in [0.1, 0.15) is 16.3 Å². The third kappa shape index (κ3) is 7.04. The average Bonchev–Trinajstić information content (AvgIpc) is 3.15. The highest BCUT2D eigenvalue weighted by Crippen LogP contribution is 2.17. The zero-order valence-electron chi connectivity index (χ0n) is 15.9. The van der Waals surface area contributed by atoms with E-state index in [0.717, 1.165) is 16.3 Å². The number of amides is 1. The van der Waals surface area contributed by atoms with Crippen molar-refractivity contribution in [1.29, 1.82) is 0 Å². The smallest absolute Gasteiger partial charge is 0.244 e. The summed E-state index contributed by atoms with van der Waals surface area (Å²) in [6, 6.07) is 13.2. The Labute approximate surface area is 172 Å². The standard InChI is InChI=1S/C22H21FN2O3S/c1-16-25-19(15-29-16)14-28-21-4-2-3-17(13-21)5-10-22(26)24-11-12-27-20-8-6-18(23)7-9-20/h2-10,13,15H,11-12,14H2,1H3,(H,24,26)/b10-5+. The van der Waals surface area contributed by atoms with E-state index >= 15 is 0 Å². The number of carbonyl (C=O) groups is 1. The van der Waals surface area contributed by atoms with Crippen molar-refractivity contribution in [2.75, 3.05) is 13.2 Å². The minimum Gasteiger partial charge on any atom is -0.492 e. The number of ether oxygens (including phenoxy) is 2. The molecule has 1 N–H and O–H groups in total. The summed E-state index contributed by atoms with van der Waals surface area (Å²) in [6.07, 6.45) is 3.18. The molecule has 0 unspecified atom stereocenters. The van der Waals surface area contributed by atoms with Crippen LogP contribution in [0.5, 0.6) is 11.5 Å². The highest BCUT2D eigenvalue weighted by Gasteiger charge is 2.01. The summed E-state index contributed by atoms with van der Waals surface area (Å²) in [5.74, 6) is 0.729. The van der Waals surface area contributed by atoms with Gasteiger partial charge >= 0.3 is 0 Å². The Kier molecular flexibility index (Phi) is 7.35. The van der Waals surface area contributed by atoms with E-state index in [1.807, 2.05) is 36.6 Å². The predicted molar refractivity (Wildman–Crippen MR) is 112 cm³/mol. The maximum Gasteiger partial charge on any atom is 0.244 e. The van der Waals surface area contributed by atoms with E-state index in [1.54, 1.807) is 29.5 Å². The lowest BCUT2D eigenvalue weighted by atomic mass is 10.2. The normalized spacial score (nSPS) is 10.8. The maximum absolute atomic E-state index is 12.8. The molecule has 3 aromatic rings. The molecule has 0 bridgehead atoms. The molecule has 0 saturated carbocycles. The van der Waals surface area contributed by atoms with Crippen LogP contribution in [0.15, 0.2) is 60.0 Å². The number of hydrogen-bond acceptors (Lipinski definition) is 5. The number of benzene rings is 2. The van der Waals surface area contributed by atoms with Gasteiger partial charge in [0.2, 0.25) is 5.91 Å². The number of carbonyl (C=O) groups excluding carboxylic acids is 1. The number of aryl methyl sites for hydroxylation is 1. The van der Waals surface area contributed by atoms with Crippen molar-refractivity contribution in [3.8, 4) is 11.5 Å². The second-order valence-corrected chi connectivity index (χ2v) is 7.21. The molecule has 2 aromatic carbocycles. The molecule has 0 aliphatic heterocycles. The second-order valence-electron chi connectivity index (χ2n) is 6.15. The first-order valence-corrected chi connectivity index (χ1v) is 9.94. The Morgan fingerprint density at radius 3 is 2.76 bits per heavy atom. The molecule has 0 atom stereocenters. The number of rotatable bonds is 9. The van der Waals surface area contributed by atoms with Crippen molar-refractivity contribution in [3.63, 3.8) is 0 Å². The number of aromatic nitrogens is 1. The first-order valence-electron chi connectivity index (χ1n) is 9.06. The Hall–Kier alpha value is -3.19. The molecular weight excluding hydrogens is 391 g/mol. The van der Waals surface area contributed by atoms with E-state index in [2.05, 4.69) is 10.3 Å². The molecule has 3 rings (SSSR count). The highest BCUT2D eigenvalue weighted by molar-refractivity contribution is 7.09. The predicted octanol–water partition coefficient (Wildman–Crippen LogP) is 4.38. The summed E-state index contributed by atoms with van der Waals surface area (Å²) < 4.78 is 24.0. The lowest BCUT2D eigenvalue weighted by Crippen LogP contribution is -2.26. The largest absolute Gasteiger partial charge is 0.492 e. The van der Waals surface area contributed by atoms with E-state index in [-0.39, 0.29) is 11.7 Å². The van der Waals surface area contributed by atoms with E-state index in [4.69, 9.17) is 9.47 Å². The van der Waals surface area contributed by atoms with Crippen molar-refractivity contribution >= 4 is 23.3 Å². The van der Waals surface area contributed by atoms with Crippen molar-refractivity contribution in [2.45, 2.75) is 13.5 Å². The average molecular weight is 412 g/mol. The lowest BCUT2D eigenvalue weighted by molar-refractivity contribution is -0.116.